The molecule has 2 aliphatic rings. The summed E-state index contributed by atoms with van der Waals surface area (Å²) >= 11 is 0. The van der Waals surface area contributed by atoms with Gasteiger partial charge >= 0.3 is 0 Å². The number of carbonyl (C=O) groups is 1. The SMILES string of the molecule is CC[C@H](C)N(CC(=O)N1CCCC1C#N)Nc1ccc(S(=O)(=O)N(C)C2CC2)cn1. The van der Waals surface area contributed by atoms with Crippen molar-refractivity contribution in [2.24, 2.45) is 0 Å². The van der Waals surface area contributed by atoms with Crippen LogP contribution >= 0.6 is 0 Å². The molecule has 1 amide bonds. The molecule has 1 aliphatic heterocycles. The van der Waals surface area contributed by atoms with E-state index in [1.54, 1.807) is 23.0 Å². The summed E-state index contributed by atoms with van der Waals surface area (Å²) in [7, 11) is -1.94. The number of hydrogen-bond donors (Lipinski definition) is 1. The summed E-state index contributed by atoms with van der Waals surface area (Å²) in [6, 6.07) is 5.11. The molecule has 30 heavy (non-hydrogen) atoms. The van der Waals surface area contributed by atoms with E-state index in [-0.39, 0.29) is 35.5 Å². The first-order valence-electron chi connectivity index (χ1n) is 10.4. The third kappa shape index (κ3) is 4.91. The number of hydrogen-bond acceptors (Lipinski definition) is 7. The van der Waals surface area contributed by atoms with Crippen LogP contribution in [0.3, 0.4) is 0 Å². The Balaban J connectivity index is 1.69. The lowest BCUT2D eigenvalue weighted by Gasteiger charge is -2.31. The van der Waals surface area contributed by atoms with Crippen molar-refractivity contribution in [2.75, 3.05) is 25.6 Å². The monoisotopic (exact) mass is 434 g/mol. The van der Waals surface area contributed by atoms with E-state index in [1.165, 1.54) is 16.6 Å². The molecule has 1 saturated heterocycles. The number of pyridine rings is 1. The van der Waals surface area contributed by atoms with Crippen LogP contribution < -0.4 is 5.43 Å². The minimum atomic E-state index is -3.54. The van der Waals surface area contributed by atoms with Crippen LogP contribution in [0.5, 0.6) is 0 Å². The summed E-state index contributed by atoms with van der Waals surface area (Å²) in [6.45, 7) is 4.73. The lowest BCUT2D eigenvalue weighted by molar-refractivity contribution is -0.132. The number of rotatable bonds is 9. The minimum absolute atomic E-state index is 0.0447. The van der Waals surface area contributed by atoms with Crippen LogP contribution in [0.15, 0.2) is 23.2 Å². The molecule has 2 heterocycles. The maximum Gasteiger partial charge on any atom is 0.244 e. The van der Waals surface area contributed by atoms with E-state index in [9.17, 15) is 18.5 Å². The Kier molecular flexibility index (Phi) is 6.95. The summed E-state index contributed by atoms with van der Waals surface area (Å²) in [5.41, 5.74) is 3.14. The van der Waals surface area contributed by atoms with Gasteiger partial charge in [-0.3, -0.25) is 4.79 Å². The van der Waals surface area contributed by atoms with Gasteiger partial charge in [-0.15, -0.1) is 0 Å². The number of carbonyl (C=O) groups excluding carboxylic acids is 1. The van der Waals surface area contributed by atoms with Gasteiger partial charge in [0.15, 0.2) is 0 Å². The van der Waals surface area contributed by atoms with E-state index in [4.69, 9.17) is 0 Å². The second-order valence-corrected chi connectivity index (χ2v) is 10.0. The average molecular weight is 435 g/mol. The molecule has 1 unspecified atom stereocenters. The van der Waals surface area contributed by atoms with Gasteiger partial charge in [-0.25, -0.2) is 18.4 Å². The van der Waals surface area contributed by atoms with Crippen molar-refractivity contribution in [1.82, 2.24) is 19.2 Å². The van der Waals surface area contributed by atoms with Gasteiger partial charge in [-0.2, -0.15) is 9.57 Å². The van der Waals surface area contributed by atoms with Crippen molar-refractivity contribution in [2.45, 2.75) is 69.0 Å². The zero-order chi connectivity index (χ0) is 21.9. The van der Waals surface area contributed by atoms with Crippen molar-refractivity contribution in [3.63, 3.8) is 0 Å². The molecule has 1 aliphatic carbocycles. The van der Waals surface area contributed by atoms with Gasteiger partial charge in [-0.05, 0) is 51.2 Å². The predicted molar refractivity (Wildman–Crippen MR) is 113 cm³/mol. The van der Waals surface area contributed by atoms with E-state index in [0.717, 1.165) is 25.7 Å². The molecule has 2 atom stereocenters. The molecule has 3 rings (SSSR count). The zero-order valence-electron chi connectivity index (χ0n) is 17.8. The number of likely N-dealkylation sites (tertiary alicyclic amines) is 1. The topological polar surface area (TPSA) is 110 Å². The highest BCUT2D eigenvalue weighted by Gasteiger charge is 2.35. The Bertz CT molecular complexity index is 894. The van der Waals surface area contributed by atoms with E-state index in [1.807, 2.05) is 13.8 Å². The molecule has 2 fully saturated rings. The van der Waals surface area contributed by atoms with Crippen molar-refractivity contribution in [1.29, 1.82) is 5.26 Å². The summed E-state index contributed by atoms with van der Waals surface area (Å²) < 4.78 is 26.7. The number of nitrogens with zero attached hydrogens (tertiary/aromatic N) is 5. The lowest BCUT2D eigenvalue weighted by Crippen LogP contribution is -2.47. The maximum atomic E-state index is 12.8. The normalized spacial score (nSPS) is 20.4. The summed E-state index contributed by atoms with van der Waals surface area (Å²) in [5, 5.41) is 11.0. The van der Waals surface area contributed by atoms with Gasteiger partial charge < -0.3 is 10.3 Å². The van der Waals surface area contributed by atoms with E-state index >= 15 is 0 Å². The molecular formula is C20H30N6O3S. The predicted octanol–water partition coefficient (Wildman–Crippen LogP) is 1.81. The molecule has 0 radical (unpaired) electrons. The third-order valence-corrected chi connectivity index (χ3v) is 7.78. The van der Waals surface area contributed by atoms with Crippen LogP contribution in [0.2, 0.25) is 0 Å². The van der Waals surface area contributed by atoms with Crippen molar-refractivity contribution in [3.05, 3.63) is 18.3 Å². The van der Waals surface area contributed by atoms with Crippen LogP contribution in [0, 0.1) is 11.3 Å². The van der Waals surface area contributed by atoms with Gasteiger partial charge in [0.2, 0.25) is 15.9 Å². The quantitative estimate of drug-likeness (QED) is 0.590. The number of amides is 1. The van der Waals surface area contributed by atoms with Crippen LogP contribution in [-0.2, 0) is 14.8 Å². The fraction of sp³-hybridized carbons (Fsp3) is 0.650. The lowest BCUT2D eigenvalue weighted by atomic mass is 10.2. The molecule has 1 saturated carbocycles. The van der Waals surface area contributed by atoms with Crippen LogP contribution in [-0.4, -0.2) is 71.8 Å². The summed E-state index contributed by atoms with van der Waals surface area (Å²) in [4.78, 5) is 18.8. The van der Waals surface area contributed by atoms with Crippen molar-refractivity contribution < 1.29 is 13.2 Å². The van der Waals surface area contributed by atoms with Gasteiger partial charge in [0.05, 0.1) is 12.6 Å². The molecule has 1 aromatic rings. The standard InChI is InChI=1S/C20H30N6O3S/c1-4-15(2)26(14-20(27)25-11-5-6-17(25)12-21)23-19-10-9-18(13-22-19)30(28,29)24(3)16-7-8-16/h9-10,13,15-17H,4-8,11,14H2,1-3H3,(H,22,23)/t15-,17?/m0/s1. The van der Waals surface area contributed by atoms with Gasteiger partial charge in [0.25, 0.3) is 0 Å². The van der Waals surface area contributed by atoms with Crippen molar-refractivity contribution >= 4 is 21.7 Å². The Hall–Kier alpha value is -2.22. The number of nitrogens with one attached hydrogen (secondary N) is 1. The Morgan fingerprint density at radius 3 is 2.70 bits per heavy atom. The van der Waals surface area contributed by atoms with Crippen molar-refractivity contribution in [3.8, 4) is 6.07 Å². The first-order valence-corrected chi connectivity index (χ1v) is 11.9. The molecule has 10 heteroatoms. The fourth-order valence-corrected chi connectivity index (χ4v) is 4.87. The zero-order valence-corrected chi connectivity index (χ0v) is 18.6. The van der Waals surface area contributed by atoms with E-state index < -0.39 is 10.0 Å². The first-order chi connectivity index (χ1) is 14.3. The maximum absolute atomic E-state index is 12.8. The fourth-order valence-electron chi connectivity index (χ4n) is 3.51. The molecule has 0 spiro atoms. The Morgan fingerprint density at radius 1 is 1.40 bits per heavy atom. The molecule has 9 nitrogen and oxygen atoms in total. The number of hydrazine groups is 1. The molecule has 0 aromatic carbocycles. The third-order valence-electron chi connectivity index (χ3n) is 5.88. The van der Waals surface area contributed by atoms with Gasteiger partial charge in [0.1, 0.15) is 16.8 Å². The molecular weight excluding hydrogens is 404 g/mol. The van der Waals surface area contributed by atoms with Crippen LogP contribution in [0.4, 0.5) is 5.82 Å². The number of anilines is 1. The van der Waals surface area contributed by atoms with Gasteiger partial charge in [-0.1, -0.05) is 6.92 Å². The minimum Gasteiger partial charge on any atom is -0.325 e. The van der Waals surface area contributed by atoms with Gasteiger partial charge in [0, 0.05) is 31.9 Å². The van der Waals surface area contributed by atoms with E-state index in [2.05, 4.69) is 16.5 Å². The summed E-state index contributed by atoms with van der Waals surface area (Å²) in [5.74, 6) is 0.367. The number of nitriles is 1. The Morgan fingerprint density at radius 2 is 2.13 bits per heavy atom. The smallest absolute Gasteiger partial charge is 0.244 e. The highest BCUT2D eigenvalue weighted by molar-refractivity contribution is 7.89. The highest BCUT2D eigenvalue weighted by Crippen LogP contribution is 2.30. The molecule has 1 aromatic heterocycles. The number of sulfonamides is 1. The van der Waals surface area contributed by atoms with Crippen LogP contribution in [0.25, 0.3) is 0 Å². The van der Waals surface area contributed by atoms with Crippen LogP contribution in [0.1, 0.15) is 46.0 Å². The average Bonchev–Trinajstić information content (AvgIpc) is 3.48. The molecule has 1 N–H and O–H groups in total. The molecule has 164 valence electrons. The first kappa shape index (κ1) is 22.5. The Labute approximate surface area is 178 Å². The second kappa shape index (κ2) is 9.29. The van der Waals surface area contributed by atoms with E-state index in [0.29, 0.717) is 18.8 Å². The molecule has 0 bridgehead atoms. The summed E-state index contributed by atoms with van der Waals surface area (Å²) in [6.07, 6.45) is 5.49. The second-order valence-electron chi connectivity index (χ2n) is 8.00. The largest absolute Gasteiger partial charge is 0.325 e. The number of aromatic nitrogens is 1. The highest BCUT2D eigenvalue weighted by atomic mass is 32.2.